The molecule has 3 aromatic rings. The van der Waals surface area contributed by atoms with Crippen LogP contribution in [0.2, 0.25) is 0 Å². The number of para-hydroxylation sites is 1. The molecule has 0 fully saturated rings. The summed E-state index contributed by atoms with van der Waals surface area (Å²) in [6.45, 7) is 6.40. The topological polar surface area (TPSA) is 58.9 Å². The van der Waals surface area contributed by atoms with E-state index < -0.39 is 0 Å². The molecule has 0 aliphatic carbocycles. The zero-order valence-corrected chi connectivity index (χ0v) is 15.9. The van der Waals surface area contributed by atoms with Crippen molar-refractivity contribution in [3.63, 3.8) is 0 Å². The number of benzene rings is 2. The Balaban J connectivity index is 1.59. The van der Waals surface area contributed by atoms with E-state index in [1.54, 1.807) is 12.1 Å². The van der Waals surface area contributed by atoms with Crippen molar-refractivity contribution in [3.8, 4) is 0 Å². The molecule has 142 valence electrons. The fourth-order valence-electron chi connectivity index (χ4n) is 3.30. The standard InChI is InChI=1S/C22H25FN2O2/c1-14(2)22(16-8-10-18(23)11-9-16)24-13-21(26)25-15(3)20-12-17-6-4-5-7-19(17)27-20/h4-12,14-15,22,24H,13H2,1-3H3,(H,25,26)/p+1/t15-,22+/m1/s1. The minimum absolute atomic E-state index is 0.0595. The van der Waals surface area contributed by atoms with Gasteiger partial charge >= 0.3 is 0 Å². The van der Waals surface area contributed by atoms with Crippen molar-refractivity contribution in [3.05, 3.63) is 71.7 Å². The number of carbonyl (C=O) groups excluding carboxylic acids is 1. The van der Waals surface area contributed by atoms with Gasteiger partial charge in [-0.1, -0.05) is 44.2 Å². The minimum atomic E-state index is -0.251. The first-order valence-electron chi connectivity index (χ1n) is 9.30. The third-order valence-corrected chi connectivity index (χ3v) is 4.78. The lowest BCUT2D eigenvalue weighted by atomic mass is 9.96. The van der Waals surface area contributed by atoms with Crippen molar-refractivity contribution < 1.29 is 18.9 Å². The van der Waals surface area contributed by atoms with Crippen LogP contribution in [0.5, 0.6) is 0 Å². The third kappa shape index (κ3) is 4.74. The van der Waals surface area contributed by atoms with Crippen molar-refractivity contribution in [1.82, 2.24) is 5.32 Å². The molecule has 0 radical (unpaired) electrons. The second-order valence-electron chi connectivity index (χ2n) is 7.24. The summed E-state index contributed by atoms with van der Waals surface area (Å²) in [6, 6.07) is 16.1. The van der Waals surface area contributed by atoms with Crippen LogP contribution < -0.4 is 10.6 Å². The second-order valence-corrected chi connectivity index (χ2v) is 7.24. The predicted octanol–water partition coefficient (Wildman–Crippen LogP) is 3.71. The normalized spacial score (nSPS) is 13.7. The van der Waals surface area contributed by atoms with E-state index in [0.29, 0.717) is 12.5 Å². The number of furan rings is 1. The molecule has 27 heavy (non-hydrogen) atoms. The molecule has 1 amide bonds. The van der Waals surface area contributed by atoms with Crippen LogP contribution in [0.1, 0.15) is 44.2 Å². The van der Waals surface area contributed by atoms with Crippen LogP contribution in [0.15, 0.2) is 59.0 Å². The second kappa shape index (κ2) is 8.35. The summed E-state index contributed by atoms with van der Waals surface area (Å²) in [5.74, 6) is 0.744. The molecular formula is C22H26FN2O2+. The van der Waals surface area contributed by atoms with Crippen LogP contribution in [0, 0.1) is 11.7 Å². The summed E-state index contributed by atoms with van der Waals surface area (Å²) < 4.78 is 19.0. The highest BCUT2D eigenvalue weighted by Gasteiger charge is 2.22. The Bertz CT molecular complexity index is 869. The Kier molecular flexibility index (Phi) is 5.91. The molecule has 0 saturated carbocycles. The molecule has 5 heteroatoms. The number of rotatable bonds is 7. The van der Waals surface area contributed by atoms with Crippen LogP contribution in [0.3, 0.4) is 0 Å². The first-order valence-corrected chi connectivity index (χ1v) is 9.30. The summed E-state index contributed by atoms with van der Waals surface area (Å²) in [5, 5.41) is 6.01. The first-order chi connectivity index (χ1) is 12.9. The maximum atomic E-state index is 13.2. The van der Waals surface area contributed by atoms with Crippen molar-refractivity contribution in [2.24, 2.45) is 5.92 Å². The third-order valence-electron chi connectivity index (χ3n) is 4.78. The van der Waals surface area contributed by atoms with Crippen molar-refractivity contribution in [1.29, 1.82) is 0 Å². The van der Waals surface area contributed by atoms with Crippen LogP contribution >= 0.6 is 0 Å². The van der Waals surface area contributed by atoms with Gasteiger partial charge in [0.05, 0.1) is 6.04 Å². The average Bonchev–Trinajstić information content (AvgIpc) is 3.07. The van der Waals surface area contributed by atoms with E-state index in [4.69, 9.17) is 4.42 Å². The van der Waals surface area contributed by atoms with Gasteiger partial charge < -0.3 is 15.1 Å². The van der Waals surface area contributed by atoms with Crippen LogP contribution in [0.4, 0.5) is 4.39 Å². The minimum Gasteiger partial charge on any atom is -0.459 e. The summed E-state index contributed by atoms with van der Waals surface area (Å²) in [5.41, 5.74) is 1.83. The largest absolute Gasteiger partial charge is 0.459 e. The molecule has 2 aromatic carbocycles. The lowest BCUT2D eigenvalue weighted by Gasteiger charge is -2.20. The Morgan fingerprint density at radius 1 is 1.11 bits per heavy atom. The van der Waals surface area contributed by atoms with E-state index in [2.05, 4.69) is 19.2 Å². The molecule has 1 aromatic heterocycles. The van der Waals surface area contributed by atoms with E-state index in [9.17, 15) is 9.18 Å². The van der Waals surface area contributed by atoms with Crippen LogP contribution in [-0.2, 0) is 4.79 Å². The van der Waals surface area contributed by atoms with Gasteiger partial charge in [-0.25, -0.2) is 4.39 Å². The number of nitrogens with one attached hydrogen (secondary N) is 1. The fourth-order valence-corrected chi connectivity index (χ4v) is 3.30. The van der Waals surface area contributed by atoms with Crippen LogP contribution in [-0.4, -0.2) is 12.5 Å². The molecule has 0 aliphatic heterocycles. The zero-order valence-electron chi connectivity index (χ0n) is 15.9. The number of fused-ring (bicyclic) bond motifs is 1. The van der Waals surface area contributed by atoms with Crippen molar-refractivity contribution in [2.45, 2.75) is 32.9 Å². The van der Waals surface area contributed by atoms with Crippen LogP contribution in [0.25, 0.3) is 11.0 Å². The smallest absolute Gasteiger partial charge is 0.275 e. The molecule has 4 nitrogen and oxygen atoms in total. The van der Waals surface area contributed by atoms with Gasteiger partial charge in [0, 0.05) is 16.9 Å². The van der Waals surface area contributed by atoms with Gasteiger partial charge in [0.2, 0.25) is 0 Å². The molecule has 3 N–H and O–H groups in total. The van der Waals surface area contributed by atoms with E-state index in [0.717, 1.165) is 22.3 Å². The number of carbonyl (C=O) groups is 1. The first kappa shape index (κ1) is 19.1. The fraction of sp³-hybridized carbons (Fsp3) is 0.318. The highest BCUT2D eigenvalue weighted by atomic mass is 19.1. The number of halogens is 1. The molecule has 0 saturated heterocycles. The Hall–Kier alpha value is -2.66. The number of hydrogen-bond acceptors (Lipinski definition) is 2. The molecule has 0 aliphatic rings. The summed E-state index contributed by atoms with van der Waals surface area (Å²) in [7, 11) is 0. The summed E-state index contributed by atoms with van der Waals surface area (Å²) >= 11 is 0. The molecule has 3 rings (SSSR count). The maximum Gasteiger partial charge on any atom is 0.275 e. The maximum absolute atomic E-state index is 13.2. The van der Waals surface area contributed by atoms with Gasteiger partial charge in [0.15, 0.2) is 6.54 Å². The summed E-state index contributed by atoms with van der Waals surface area (Å²) in [6.07, 6.45) is 0. The number of nitrogens with two attached hydrogens (primary N) is 1. The lowest BCUT2D eigenvalue weighted by Crippen LogP contribution is -2.88. The monoisotopic (exact) mass is 369 g/mol. The Morgan fingerprint density at radius 2 is 1.81 bits per heavy atom. The molecule has 1 heterocycles. The molecular weight excluding hydrogens is 343 g/mol. The van der Waals surface area contributed by atoms with Gasteiger partial charge in [-0.05, 0) is 31.2 Å². The molecule has 2 atom stereocenters. The van der Waals surface area contributed by atoms with E-state index in [-0.39, 0.29) is 23.8 Å². The quantitative estimate of drug-likeness (QED) is 0.667. The predicted molar refractivity (Wildman–Crippen MR) is 104 cm³/mol. The Labute approximate surface area is 158 Å². The van der Waals surface area contributed by atoms with Gasteiger partial charge in [-0.2, -0.15) is 0 Å². The zero-order chi connectivity index (χ0) is 19.4. The van der Waals surface area contributed by atoms with Crippen molar-refractivity contribution >= 4 is 16.9 Å². The van der Waals surface area contributed by atoms with Gasteiger partial charge in [0.1, 0.15) is 23.2 Å². The van der Waals surface area contributed by atoms with E-state index in [1.165, 1.54) is 12.1 Å². The van der Waals surface area contributed by atoms with E-state index >= 15 is 0 Å². The van der Waals surface area contributed by atoms with Crippen molar-refractivity contribution in [2.75, 3.05) is 6.54 Å². The number of quaternary nitrogens is 1. The highest BCUT2D eigenvalue weighted by Crippen LogP contribution is 2.23. The SMILES string of the molecule is CC(C)[C@H]([NH2+]CC(=O)N[C@H](C)c1cc2ccccc2o1)c1ccc(F)cc1. The molecule has 0 bridgehead atoms. The van der Waals surface area contributed by atoms with Gasteiger partial charge in [-0.15, -0.1) is 0 Å². The number of hydrogen-bond donors (Lipinski definition) is 2. The molecule has 0 spiro atoms. The Morgan fingerprint density at radius 3 is 2.48 bits per heavy atom. The molecule has 0 unspecified atom stereocenters. The highest BCUT2D eigenvalue weighted by molar-refractivity contribution is 5.79. The van der Waals surface area contributed by atoms with Gasteiger partial charge in [-0.3, -0.25) is 4.79 Å². The van der Waals surface area contributed by atoms with Gasteiger partial charge in [0.25, 0.3) is 5.91 Å². The number of amides is 1. The summed E-state index contributed by atoms with van der Waals surface area (Å²) in [4.78, 5) is 12.4. The van der Waals surface area contributed by atoms with E-state index in [1.807, 2.05) is 42.6 Å². The average molecular weight is 369 g/mol. The lowest BCUT2D eigenvalue weighted by molar-refractivity contribution is -0.692.